The maximum absolute atomic E-state index is 12.1. The molecular weight excluding hydrogens is 267 g/mol. The molecule has 1 aliphatic carbocycles. The molecule has 0 radical (unpaired) electrons. The molecule has 1 aliphatic rings. The number of carbonyl (C=O) groups is 1. The first-order valence-corrected chi connectivity index (χ1v) is 8.29. The molecule has 0 bridgehead atoms. The highest BCUT2D eigenvalue weighted by Gasteiger charge is 2.28. The van der Waals surface area contributed by atoms with Crippen LogP contribution in [0.3, 0.4) is 0 Å². The van der Waals surface area contributed by atoms with Crippen LogP contribution >= 0.6 is 7.82 Å². The second-order valence-corrected chi connectivity index (χ2v) is 6.01. The average Bonchev–Trinajstić information content (AvgIpc) is 2.41. The van der Waals surface area contributed by atoms with Crippen LogP contribution in [0.1, 0.15) is 39.5 Å². The summed E-state index contributed by atoms with van der Waals surface area (Å²) in [5.41, 5.74) is 1.07. The minimum atomic E-state index is -3.52. The fourth-order valence-electron chi connectivity index (χ4n) is 2.03. The van der Waals surface area contributed by atoms with Crippen LogP contribution in [0.15, 0.2) is 11.6 Å². The molecule has 1 atom stereocenters. The molecule has 1 rings (SSSR count). The number of phosphoric ester groups is 1. The molecule has 1 unspecified atom stereocenters. The van der Waals surface area contributed by atoms with Crippen molar-refractivity contribution in [3.05, 3.63) is 11.6 Å². The number of phosphoric acid groups is 1. The molecule has 19 heavy (non-hydrogen) atoms. The van der Waals surface area contributed by atoms with E-state index in [0.29, 0.717) is 0 Å². The minimum Gasteiger partial charge on any atom is -0.303 e. The Kier molecular flexibility index (Phi) is 7.54. The summed E-state index contributed by atoms with van der Waals surface area (Å²) in [6.07, 6.45) is 7.07. The summed E-state index contributed by atoms with van der Waals surface area (Å²) in [5.74, 6) is -0.352. The lowest BCUT2D eigenvalue weighted by molar-refractivity contribution is -0.111. The summed E-state index contributed by atoms with van der Waals surface area (Å²) in [4.78, 5) is 11.1. The number of carbonyl (C=O) groups excluding carboxylic acids is 1. The van der Waals surface area contributed by atoms with Crippen molar-refractivity contribution < 1.29 is 22.9 Å². The van der Waals surface area contributed by atoms with Crippen molar-refractivity contribution >= 4 is 14.1 Å². The van der Waals surface area contributed by atoms with Crippen LogP contribution in [0, 0.1) is 5.92 Å². The fourth-order valence-corrected chi connectivity index (χ4v) is 3.23. The van der Waals surface area contributed by atoms with Gasteiger partial charge in [0.2, 0.25) is 0 Å². The molecule has 0 fully saturated rings. The molecule has 0 saturated heterocycles. The Hall–Kier alpha value is -0.480. The van der Waals surface area contributed by atoms with Crippen LogP contribution in [0.2, 0.25) is 0 Å². The van der Waals surface area contributed by atoms with Crippen molar-refractivity contribution in [2.24, 2.45) is 5.92 Å². The average molecular weight is 290 g/mol. The van der Waals surface area contributed by atoms with Gasteiger partial charge in [0.1, 0.15) is 6.29 Å². The first-order chi connectivity index (χ1) is 9.15. The molecule has 0 aromatic rings. The van der Waals surface area contributed by atoms with E-state index in [1.165, 1.54) is 0 Å². The molecule has 0 spiro atoms. The molecule has 0 aromatic heterocycles. The summed E-state index contributed by atoms with van der Waals surface area (Å²) in [6.45, 7) is 3.97. The topological polar surface area (TPSA) is 61.8 Å². The summed E-state index contributed by atoms with van der Waals surface area (Å²) < 4.78 is 27.4. The van der Waals surface area contributed by atoms with Crippen molar-refractivity contribution in [1.29, 1.82) is 0 Å². The third-order valence-corrected chi connectivity index (χ3v) is 4.57. The van der Waals surface area contributed by atoms with Crippen LogP contribution in [0.5, 0.6) is 0 Å². The van der Waals surface area contributed by atoms with Gasteiger partial charge in [-0.15, -0.1) is 0 Å². The Labute approximate surface area is 114 Å². The van der Waals surface area contributed by atoms with Crippen molar-refractivity contribution in [2.45, 2.75) is 39.5 Å². The maximum atomic E-state index is 12.1. The van der Waals surface area contributed by atoms with Gasteiger partial charge in [-0.2, -0.15) is 0 Å². The van der Waals surface area contributed by atoms with E-state index in [0.717, 1.165) is 37.5 Å². The summed E-state index contributed by atoms with van der Waals surface area (Å²) in [7, 11) is -3.52. The quantitative estimate of drug-likeness (QED) is 0.369. The SMILES string of the molecule is CCOP(=O)(OCC)OCC(C=O)C1=CCCCC1. The van der Waals surface area contributed by atoms with Gasteiger partial charge in [-0.05, 0) is 39.5 Å². The molecule has 0 amide bonds. The van der Waals surface area contributed by atoms with Gasteiger partial charge in [0.15, 0.2) is 0 Å². The highest BCUT2D eigenvalue weighted by atomic mass is 31.2. The minimum absolute atomic E-state index is 0.0482. The molecule has 0 saturated carbocycles. The molecule has 5 nitrogen and oxygen atoms in total. The summed E-state index contributed by atoms with van der Waals surface area (Å²) in [5, 5.41) is 0. The Morgan fingerprint density at radius 1 is 1.26 bits per heavy atom. The molecule has 6 heteroatoms. The molecular formula is C13H23O5P. The van der Waals surface area contributed by atoms with Crippen LogP contribution in [-0.2, 0) is 22.9 Å². The fraction of sp³-hybridized carbons (Fsp3) is 0.769. The van der Waals surface area contributed by atoms with E-state index in [2.05, 4.69) is 6.08 Å². The highest BCUT2D eigenvalue weighted by molar-refractivity contribution is 7.48. The number of hydrogen-bond donors (Lipinski definition) is 0. The molecule has 0 aliphatic heterocycles. The summed E-state index contributed by atoms with van der Waals surface area (Å²) >= 11 is 0. The lowest BCUT2D eigenvalue weighted by Crippen LogP contribution is -2.16. The third kappa shape index (κ3) is 5.57. The van der Waals surface area contributed by atoms with Gasteiger partial charge in [-0.3, -0.25) is 13.6 Å². The third-order valence-electron chi connectivity index (χ3n) is 2.95. The van der Waals surface area contributed by atoms with Crippen LogP contribution < -0.4 is 0 Å². The van der Waals surface area contributed by atoms with Gasteiger partial charge in [0.25, 0.3) is 0 Å². The molecule has 0 heterocycles. The number of aldehydes is 1. The van der Waals surface area contributed by atoms with E-state index < -0.39 is 7.82 Å². The van der Waals surface area contributed by atoms with Crippen LogP contribution in [0.25, 0.3) is 0 Å². The zero-order chi connectivity index (χ0) is 14.1. The predicted octanol–water partition coefficient (Wildman–Crippen LogP) is 3.50. The molecule has 0 aromatic carbocycles. The number of allylic oxidation sites excluding steroid dienone is 1. The lowest BCUT2D eigenvalue weighted by Gasteiger charge is -2.21. The van der Waals surface area contributed by atoms with Gasteiger partial charge in [0, 0.05) is 0 Å². The van der Waals surface area contributed by atoms with E-state index in [1.807, 2.05) is 0 Å². The Morgan fingerprint density at radius 3 is 2.42 bits per heavy atom. The standard InChI is InChI=1S/C13H23O5P/c1-3-16-19(15,17-4-2)18-11-13(10-14)12-8-6-5-7-9-12/h8,10,13H,3-7,9,11H2,1-2H3. The monoisotopic (exact) mass is 290 g/mol. The van der Waals surface area contributed by atoms with Crippen molar-refractivity contribution in [3.63, 3.8) is 0 Å². The zero-order valence-corrected chi connectivity index (χ0v) is 12.6. The van der Waals surface area contributed by atoms with Crippen molar-refractivity contribution in [3.8, 4) is 0 Å². The van der Waals surface area contributed by atoms with E-state index in [9.17, 15) is 9.36 Å². The Bertz CT molecular complexity index is 343. The number of hydrogen-bond acceptors (Lipinski definition) is 5. The zero-order valence-electron chi connectivity index (χ0n) is 11.7. The van der Waals surface area contributed by atoms with Gasteiger partial charge in [-0.1, -0.05) is 11.6 Å². The second kappa shape index (κ2) is 8.64. The maximum Gasteiger partial charge on any atom is 0.474 e. The van der Waals surface area contributed by atoms with Crippen molar-refractivity contribution in [1.82, 2.24) is 0 Å². The predicted molar refractivity (Wildman–Crippen MR) is 72.9 cm³/mol. The van der Waals surface area contributed by atoms with Gasteiger partial charge >= 0.3 is 7.82 Å². The number of rotatable bonds is 9. The van der Waals surface area contributed by atoms with Gasteiger partial charge in [0.05, 0.1) is 25.7 Å². The van der Waals surface area contributed by atoms with Crippen LogP contribution in [-0.4, -0.2) is 26.1 Å². The normalized spacial score (nSPS) is 17.9. The smallest absolute Gasteiger partial charge is 0.303 e. The second-order valence-electron chi connectivity index (χ2n) is 4.35. The molecule has 110 valence electrons. The van der Waals surface area contributed by atoms with E-state index in [1.54, 1.807) is 13.8 Å². The molecule has 0 N–H and O–H groups in total. The largest absolute Gasteiger partial charge is 0.474 e. The summed E-state index contributed by atoms with van der Waals surface area (Å²) in [6, 6.07) is 0. The van der Waals surface area contributed by atoms with Gasteiger partial charge < -0.3 is 4.79 Å². The van der Waals surface area contributed by atoms with E-state index in [4.69, 9.17) is 13.6 Å². The van der Waals surface area contributed by atoms with E-state index in [-0.39, 0.29) is 25.7 Å². The first kappa shape index (κ1) is 16.6. The first-order valence-electron chi connectivity index (χ1n) is 6.83. The van der Waals surface area contributed by atoms with Crippen LogP contribution in [0.4, 0.5) is 0 Å². The Morgan fingerprint density at radius 2 is 1.95 bits per heavy atom. The van der Waals surface area contributed by atoms with Gasteiger partial charge in [-0.25, -0.2) is 4.57 Å². The highest BCUT2D eigenvalue weighted by Crippen LogP contribution is 2.49. The Balaban J connectivity index is 2.57. The van der Waals surface area contributed by atoms with Crippen molar-refractivity contribution in [2.75, 3.05) is 19.8 Å². The lowest BCUT2D eigenvalue weighted by atomic mass is 9.90. The van der Waals surface area contributed by atoms with E-state index >= 15 is 0 Å².